The number of halogens is 1. The molecule has 0 saturated heterocycles. The lowest BCUT2D eigenvalue weighted by Crippen LogP contribution is -2.43. The Hall–Kier alpha value is -1.38. The van der Waals surface area contributed by atoms with Gasteiger partial charge in [-0.05, 0) is 49.3 Å². The maximum Gasteiger partial charge on any atom is 0.314 e. The number of hydrogen-bond donors (Lipinski definition) is 1. The van der Waals surface area contributed by atoms with Gasteiger partial charge in [-0.15, -0.1) is 0 Å². The first-order valence-electron chi connectivity index (χ1n) is 6.19. The van der Waals surface area contributed by atoms with Crippen molar-refractivity contribution in [2.24, 2.45) is 0 Å². The maximum atomic E-state index is 14.1. The number of rotatable bonds is 2. The Bertz CT molecular complexity index is 489. The predicted octanol–water partition coefficient (Wildman–Crippen LogP) is 2.82. The third-order valence-electron chi connectivity index (χ3n) is 4.31. The molecule has 3 heteroatoms. The molecule has 2 aliphatic rings. The first-order chi connectivity index (χ1) is 8.13. The van der Waals surface area contributed by atoms with E-state index in [-0.39, 0.29) is 5.82 Å². The number of carboxylic acids is 1. The number of aryl methyl sites for hydroxylation is 2. The van der Waals surface area contributed by atoms with Crippen LogP contribution < -0.4 is 0 Å². The number of aliphatic carboxylic acids is 1. The van der Waals surface area contributed by atoms with E-state index in [4.69, 9.17) is 0 Å². The summed E-state index contributed by atoms with van der Waals surface area (Å²) in [6.07, 6.45) is 4.95. The van der Waals surface area contributed by atoms with Gasteiger partial charge in [-0.25, -0.2) is 4.39 Å². The summed E-state index contributed by atoms with van der Waals surface area (Å²) in [6, 6.07) is 3.37. The van der Waals surface area contributed by atoms with Crippen LogP contribution in [-0.4, -0.2) is 11.1 Å². The standard InChI is InChI=1S/C14H15FO2/c15-12-8-10-4-1-3-9(10)7-11(12)14(13(16)17)5-2-6-14/h7-8H,1-6H2,(H,16,17). The molecule has 1 N–H and O–H groups in total. The van der Waals surface area contributed by atoms with Crippen molar-refractivity contribution in [3.63, 3.8) is 0 Å². The second kappa shape index (κ2) is 3.56. The lowest BCUT2D eigenvalue weighted by atomic mass is 9.64. The fourth-order valence-electron chi connectivity index (χ4n) is 3.09. The molecule has 0 aliphatic heterocycles. The van der Waals surface area contributed by atoms with E-state index in [1.54, 1.807) is 6.07 Å². The molecule has 0 heterocycles. The van der Waals surface area contributed by atoms with Crippen molar-refractivity contribution < 1.29 is 14.3 Å². The Morgan fingerprint density at radius 2 is 1.82 bits per heavy atom. The van der Waals surface area contributed by atoms with Crippen molar-refractivity contribution >= 4 is 5.97 Å². The molecule has 1 fully saturated rings. The number of carbonyl (C=O) groups is 1. The number of hydrogen-bond acceptors (Lipinski definition) is 1. The SMILES string of the molecule is O=C(O)C1(c2cc3c(cc2F)CCC3)CCC1. The second-order valence-electron chi connectivity index (χ2n) is 5.20. The average molecular weight is 234 g/mol. The van der Waals surface area contributed by atoms with Crippen LogP contribution in [0.5, 0.6) is 0 Å². The van der Waals surface area contributed by atoms with E-state index in [0.717, 1.165) is 36.8 Å². The topological polar surface area (TPSA) is 37.3 Å². The molecular weight excluding hydrogens is 219 g/mol. The van der Waals surface area contributed by atoms with E-state index in [2.05, 4.69) is 0 Å². The molecule has 2 nitrogen and oxygen atoms in total. The van der Waals surface area contributed by atoms with E-state index < -0.39 is 11.4 Å². The van der Waals surface area contributed by atoms with Gasteiger partial charge in [0.1, 0.15) is 5.82 Å². The summed E-state index contributed by atoms with van der Waals surface area (Å²) in [4.78, 5) is 11.4. The molecule has 1 saturated carbocycles. The Morgan fingerprint density at radius 3 is 2.35 bits per heavy atom. The van der Waals surface area contributed by atoms with Crippen LogP contribution in [0.15, 0.2) is 12.1 Å². The lowest BCUT2D eigenvalue weighted by molar-refractivity contribution is -0.147. The van der Waals surface area contributed by atoms with Gasteiger partial charge in [0.05, 0.1) is 5.41 Å². The largest absolute Gasteiger partial charge is 0.481 e. The highest BCUT2D eigenvalue weighted by atomic mass is 19.1. The van der Waals surface area contributed by atoms with Gasteiger partial charge in [-0.3, -0.25) is 4.79 Å². The summed E-state index contributed by atoms with van der Waals surface area (Å²) in [6.45, 7) is 0. The Balaban J connectivity index is 2.11. The van der Waals surface area contributed by atoms with Gasteiger partial charge in [-0.2, -0.15) is 0 Å². The summed E-state index contributed by atoms with van der Waals surface area (Å²) in [5.74, 6) is -1.20. The van der Waals surface area contributed by atoms with Crippen LogP contribution in [-0.2, 0) is 23.1 Å². The molecular formula is C14H15FO2. The molecule has 0 aromatic heterocycles. The van der Waals surface area contributed by atoms with Gasteiger partial charge in [-0.1, -0.05) is 12.5 Å². The Labute approximate surface area is 99.5 Å². The van der Waals surface area contributed by atoms with Gasteiger partial charge in [0, 0.05) is 5.56 Å². The van der Waals surface area contributed by atoms with Gasteiger partial charge in [0.25, 0.3) is 0 Å². The van der Waals surface area contributed by atoms with Crippen LogP contribution >= 0.6 is 0 Å². The third kappa shape index (κ3) is 1.41. The van der Waals surface area contributed by atoms with E-state index in [9.17, 15) is 14.3 Å². The highest BCUT2D eigenvalue weighted by Gasteiger charge is 2.47. The summed E-state index contributed by atoms with van der Waals surface area (Å²) in [5, 5.41) is 9.34. The quantitative estimate of drug-likeness (QED) is 0.854. The second-order valence-corrected chi connectivity index (χ2v) is 5.20. The third-order valence-corrected chi connectivity index (χ3v) is 4.31. The fourth-order valence-corrected chi connectivity index (χ4v) is 3.09. The zero-order valence-electron chi connectivity index (χ0n) is 9.63. The van der Waals surface area contributed by atoms with Crippen LogP contribution in [0.1, 0.15) is 42.4 Å². The van der Waals surface area contributed by atoms with Crippen molar-refractivity contribution in [2.75, 3.05) is 0 Å². The molecule has 17 heavy (non-hydrogen) atoms. The molecule has 0 amide bonds. The van der Waals surface area contributed by atoms with E-state index >= 15 is 0 Å². The van der Waals surface area contributed by atoms with Crippen molar-refractivity contribution in [1.29, 1.82) is 0 Å². The summed E-state index contributed by atoms with van der Waals surface area (Å²) >= 11 is 0. The molecule has 1 aromatic rings. The lowest BCUT2D eigenvalue weighted by Gasteiger charge is -2.38. The van der Waals surface area contributed by atoms with E-state index in [0.29, 0.717) is 18.4 Å². The molecule has 0 unspecified atom stereocenters. The molecule has 0 atom stereocenters. The van der Waals surface area contributed by atoms with Gasteiger partial charge in [0.15, 0.2) is 0 Å². The average Bonchev–Trinajstić information content (AvgIpc) is 2.62. The van der Waals surface area contributed by atoms with Crippen molar-refractivity contribution in [3.8, 4) is 0 Å². The van der Waals surface area contributed by atoms with E-state index in [1.165, 1.54) is 0 Å². The number of carboxylic acid groups (broad SMARTS) is 1. The first kappa shape index (κ1) is 10.8. The van der Waals surface area contributed by atoms with Crippen LogP contribution in [0.2, 0.25) is 0 Å². The minimum absolute atomic E-state index is 0.326. The highest BCUT2D eigenvalue weighted by Crippen LogP contribution is 2.46. The van der Waals surface area contributed by atoms with Crippen molar-refractivity contribution in [1.82, 2.24) is 0 Å². The minimum atomic E-state index is -0.943. The van der Waals surface area contributed by atoms with Gasteiger partial charge >= 0.3 is 5.97 Å². The van der Waals surface area contributed by atoms with E-state index in [1.807, 2.05) is 6.07 Å². The van der Waals surface area contributed by atoms with Gasteiger partial charge in [0.2, 0.25) is 0 Å². The van der Waals surface area contributed by atoms with Crippen molar-refractivity contribution in [2.45, 2.75) is 43.9 Å². The summed E-state index contributed by atoms with van der Waals surface area (Å²) in [5.41, 5.74) is 1.68. The number of benzene rings is 1. The molecule has 0 spiro atoms. The normalized spacial score (nSPS) is 20.8. The highest BCUT2D eigenvalue weighted by molar-refractivity contribution is 5.82. The number of fused-ring (bicyclic) bond motifs is 1. The van der Waals surface area contributed by atoms with Crippen LogP contribution in [0, 0.1) is 5.82 Å². The molecule has 0 bridgehead atoms. The fraction of sp³-hybridized carbons (Fsp3) is 0.500. The smallest absolute Gasteiger partial charge is 0.314 e. The first-order valence-corrected chi connectivity index (χ1v) is 6.19. The maximum absolute atomic E-state index is 14.1. The van der Waals surface area contributed by atoms with Crippen molar-refractivity contribution in [3.05, 3.63) is 34.6 Å². The molecule has 0 radical (unpaired) electrons. The van der Waals surface area contributed by atoms with Crippen LogP contribution in [0.25, 0.3) is 0 Å². The molecule has 3 rings (SSSR count). The molecule has 90 valence electrons. The molecule has 1 aromatic carbocycles. The molecule has 2 aliphatic carbocycles. The monoisotopic (exact) mass is 234 g/mol. The van der Waals surface area contributed by atoms with Gasteiger partial charge < -0.3 is 5.11 Å². The van der Waals surface area contributed by atoms with Crippen LogP contribution in [0.3, 0.4) is 0 Å². The minimum Gasteiger partial charge on any atom is -0.481 e. The summed E-state index contributed by atoms with van der Waals surface area (Å²) in [7, 11) is 0. The zero-order valence-corrected chi connectivity index (χ0v) is 9.63. The predicted molar refractivity (Wildman–Crippen MR) is 61.6 cm³/mol. The zero-order chi connectivity index (χ0) is 12.0. The Morgan fingerprint density at radius 1 is 1.18 bits per heavy atom. The summed E-state index contributed by atoms with van der Waals surface area (Å²) < 4.78 is 14.1. The van der Waals surface area contributed by atoms with Crippen LogP contribution in [0.4, 0.5) is 4.39 Å². The Kier molecular flexibility index (Phi) is 2.25.